The summed E-state index contributed by atoms with van der Waals surface area (Å²) < 4.78 is 1.73. The van der Waals surface area contributed by atoms with Crippen molar-refractivity contribution in [1.82, 2.24) is 25.1 Å². The summed E-state index contributed by atoms with van der Waals surface area (Å²) in [7, 11) is 0. The lowest BCUT2D eigenvalue weighted by molar-refractivity contribution is 0.0954. The predicted molar refractivity (Wildman–Crippen MR) is 117 cm³/mol. The molecule has 30 heavy (non-hydrogen) atoms. The molecular formula is C23H24N6O. The summed E-state index contributed by atoms with van der Waals surface area (Å²) in [4.78, 5) is 12.3. The number of nitrogens with zero attached hydrogens (tertiary/aromatic N) is 4. The third-order valence-electron chi connectivity index (χ3n) is 4.84. The first-order valence-corrected chi connectivity index (χ1v) is 10.0. The van der Waals surface area contributed by atoms with Crippen molar-refractivity contribution >= 4 is 17.4 Å². The number of carbonyl (C=O) groups excluding carboxylic acids is 1. The van der Waals surface area contributed by atoms with Crippen LogP contribution in [0.5, 0.6) is 0 Å². The Hall–Kier alpha value is -3.74. The zero-order valence-electron chi connectivity index (χ0n) is 16.9. The first kappa shape index (κ1) is 19.6. The molecule has 0 saturated heterocycles. The third-order valence-corrected chi connectivity index (χ3v) is 4.84. The molecule has 2 heterocycles. The van der Waals surface area contributed by atoms with Crippen molar-refractivity contribution in [3.8, 4) is 0 Å². The van der Waals surface area contributed by atoms with Crippen LogP contribution in [0, 0.1) is 6.92 Å². The Morgan fingerprint density at radius 1 is 0.900 bits per heavy atom. The SMILES string of the molecule is Cc1ccc(C(=O)NCCc2nnc3ccc(NCCc4ccccc4)nn23)cc1. The number of carbonyl (C=O) groups is 1. The van der Waals surface area contributed by atoms with E-state index in [1.54, 1.807) is 4.52 Å². The van der Waals surface area contributed by atoms with E-state index in [0.717, 1.165) is 24.3 Å². The van der Waals surface area contributed by atoms with Crippen LogP contribution in [0.2, 0.25) is 0 Å². The lowest BCUT2D eigenvalue weighted by Gasteiger charge is -2.07. The molecule has 0 aliphatic carbocycles. The van der Waals surface area contributed by atoms with Gasteiger partial charge in [0.1, 0.15) is 5.82 Å². The van der Waals surface area contributed by atoms with E-state index in [0.29, 0.717) is 30.0 Å². The second kappa shape index (κ2) is 9.17. The fraction of sp³-hybridized carbons (Fsp3) is 0.217. The molecule has 2 aromatic carbocycles. The lowest BCUT2D eigenvalue weighted by Crippen LogP contribution is -2.26. The Kier molecular flexibility index (Phi) is 5.98. The summed E-state index contributed by atoms with van der Waals surface area (Å²) in [6.45, 7) is 3.24. The molecule has 7 heteroatoms. The average Bonchev–Trinajstić information content (AvgIpc) is 3.17. The van der Waals surface area contributed by atoms with E-state index in [2.05, 4.69) is 38.1 Å². The van der Waals surface area contributed by atoms with Crippen LogP contribution in [0.3, 0.4) is 0 Å². The highest BCUT2D eigenvalue weighted by Gasteiger charge is 2.09. The maximum absolute atomic E-state index is 12.3. The van der Waals surface area contributed by atoms with E-state index in [1.807, 2.05) is 61.5 Å². The van der Waals surface area contributed by atoms with Gasteiger partial charge in [-0.25, -0.2) is 0 Å². The van der Waals surface area contributed by atoms with Crippen LogP contribution in [0.1, 0.15) is 27.3 Å². The second-order valence-corrected chi connectivity index (χ2v) is 7.14. The van der Waals surface area contributed by atoms with Gasteiger partial charge < -0.3 is 10.6 Å². The Balaban J connectivity index is 1.34. The smallest absolute Gasteiger partial charge is 0.251 e. The van der Waals surface area contributed by atoms with Crippen LogP contribution >= 0.6 is 0 Å². The maximum atomic E-state index is 12.3. The van der Waals surface area contributed by atoms with Gasteiger partial charge >= 0.3 is 0 Å². The van der Waals surface area contributed by atoms with E-state index in [4.69, 9.17) is 0 Å². The zero-order valence-corrected chi connectivity index (χ0v) is 16.9. The first-order chi connectivity index (χ1) is 14.7. The molecule has 0 spiro atoms. The summed E-state index contributed by atoms with van der Waals surface area (Å²) in [5.74, 6) is 1.38. The molecule has 0 fully saturated rings. The quantitative estimate of drug-likeness (QED) is 0.475. The molecule has 0 atom stereocenters. The molecule has 152 valence electrons. The zero-order chi connectivity index (χ0) is 20.8. The fourth-order valence-electron chi connectivity index (χ4n) is 3.16. The number of benzene rings is 2. The number of nitrogens with one attached hydrogen (secondary N) is 2. The standard InChI is InChI=1S/C23H24N6O/c1-17-7-9-19(10-8-17)23(30)25-16-14-22-27-26-21-12-11-20(28-29(21)22)24-15-13-18-5-3-2-4-6-18/h2-12H,13-16H2,1H3,(H,24,28)(H,25,30). The molecule has 0 bridgehead atoms. The molecule has 0 unspecified atom stereocenters. The van der Waals surface area contributed by atoms with E-state index in [9.17, 15) is 4.79 Å². The molecule has 0 radical (unpaired) electrons. The molecule has 4 rings (SSSR count). The highest BCUT2D eigenvalue weighted by Crippen LogP contribution is 2.09. The normalized spacial score (nSPS) is 10.8. The third kappa shape index (κ3) is 4.81. The van der Waals surface area contributed by atoms with Gasteiger partial charge in [0, 0.05) is 25.1 Å². The molecule has 0 aliphatic rings. The van der Waals surface area contributed by atoms with E-state index < -0.39 is 0 Å². The largest absolute Gasteiger partial charge is 0.368 e. The lowest BCUT2D eigenvalue weighted by atomic mass is 10.1. The Morgan fingerprint density at radius 3 is 2.50 bits per heavy atom. The van der Waals surface area contributed by atoms with Crippen LogP contribution < -0.4 is 10.6 Å². The number of aryl methyl sites for hydroxylation is 1. The molecule has 0 saturated carbocycles. The molecule has 4 aromatic rings. The molecule has 0 aliphatic heterocycles. The maximum Gasteiger partial charge on any atom is 0.251 e. The van der Waals surface area contributed by atoms with Gasteiger partial charge in [-0.1, -0.05) is 48.0 Å². The van der Waals surface area contributed by atoms with Gasteiger partial charge in [-0.05, 0) is 43.2 Å². The minimum Gasteiger partial charge on any atom is -0.368 e. The van der Waals surface area contributed by atoms with Crippen LogP contribution in [-0.2, 0) is 12.8 Å². The minimum atomic E-state index is -0.0972. The topological polar surface area (TPSA) is 84.2 Å². The van der Waals surface area contributed by atoms with Gasteiger partial charge in [0.25, 0.3) is 5.91 Å². The number of aromatic nitrogens is 4. The fourth-order valence-corrected chi connectivity index (χ4v) is 3.16. The molecule has 2 aromatic heterocycles. The van der Waals surface area contributed by atoms with Gasteiger partial charge in [0.2, 0.25) is 0 Å². The highest BCUT2D eigenvalue weighted by molar-refractivity contribution is 5.94. The number of fused-ring (bicyclic) bond motifs is 1. The molecule has 1 amide bonds. The summed E-state index contributed by atoms with van der Waals surface area (Å²) >= 11 is 0. The number of hydrogen-bond donors (Lipinski definition) is 2. The van der Waals surface area contributed by atoms with Crippen LogP contribution in [0.25, 0.3) is 5.65 Å². The Labute approximate surface area is 175 Å². The van der Waals surface area contributed by atoms with Gasteiger partial charge in [-0.2, -0.15) is 4.52 Å². The van der Waals surface area contributed by atoms with Crippen molar-refractivity contribution in [2.24, 2.45) is 0 Å². The van der Waals surface area contributed by atoms with E-state index in [-0.39, 0.29) is 5.91 Å². The number of amides is 1. The van der Waals surface area contributed by atoms with Gasteiger partial charge in [0.05, 0.1) is 0 Å². The average molecular weight is 400 g/mol. The van der Waals surface area contributed by atoms with Gasteiger partial charge in [-0.15, -0.1) is 15.3 Å². The van der Waals surface area contributed by atoms with Crippen molar-refractivity contribution < 1.29 is 4.79 Å². The molecule has 7 nitrogen and oxygen atoms in total. The molecular weight excluding hydrogens is 376 g/mol. The summed E-state index contributed by atoms with van der Waals surface area (Å²) in [6, 6.07) is 21.6. The van der Waals surface area contributed by atoms with Gasteiger partial charge in [-0.3, -0.25) is 4.79 Å². The van der Waals surface area contributed by atoms with E-state index >= 15 is 0 Å². The second-order valence-electron chi connectivity index (χ2n) is 7.14. The molecule has 2 N–H and O–H groups in total. The Bertz CT molecular complexity index is 1120. The van der Waals surface area contributed by atoms with Crippen LogP contribution in [0.15, 0.2) is 66.7 Å². The van der Waals surface area contributed by atoms with Crippen molar-refractivity contribution in [2.45, 2.75) is 19.8 Å². The monoisotopic (exact) mass is 400 g/mol. The summed E-state index contributed by atoms with van der Waals surface area (Å²) in [5.41, 5.74) is 3.74. The highest BCUT2D eigenvalue weighted by atomic mass is 16.1. The minimum absolute atomic E-state index is 0.0972. The van der Waals surface area contributed by atoms with Crippen molar-refractivity contribution in [2.75, 3.05) is 18.4 Å². The van der Waals surface area contributed by atoms with Crippen molar-refractivity contribution in [1.29, 1.82) is 0 Å². The van der Waals surface area contributed by atoms with Gasteiger partial charge in [0.15, 0.2) is 11.5 Å². The number of hydrogen-bond acceptors (Lipinski definition) is 5. The summed E-state index contributed by atoms with van der Waals surface area (Å²) in [6.07, 6.45) is 1.46. The number of anilines is 1. The van der Waals surface area contributed by atoms with E-state index in [1.165, 1.54) is 5.56 Å². The summed E-state index contributed by atoms with van der Waals surface area (Å²) in [5, 5.41) is 19.3. The number of rotatable bonds is 8. The Morgan fingerprint density at radius 2 is 1.70 bits per heavy atom. The predicted octanol–water partition coefficient (Wildman–Crippen LogP) is 3.06. The first-order valence-electron chi connectivity index (χ1n) is 10.0. The van der Waals surface area contributed by atoms with Crippen LogP contribution in [0.4, 0.5) is 5.82 Å². The van der Waals surface area contributed by atoms with Crippen molar-refractivity contribution in [3.05, 3.63) is 89.2 Å². The van der Waals surface area contributed by atoms with Crippen LogP contribution in [-0.4, -0.2) is 38.8 Å². The van der Waals surface area contributed by atoms with Crippen molar-refractivity contribution in [3.63, 3.8) is 0 Å².